The molecule has 19 heavy (non-hydrogen) atoms. The van der Waals surface area contributed by atoms with Crippen LogP contribution in [0.2, 0.25) is 5.02 Å². The van der Waals surface area contributed by atoms with E-state index in [2.05, 4.69) is 29.3 Å². The summed E-state index contributed by atoms with van der Waals surface area (Å²) in [4.78, 5) is 2.61. The molecule has 0 aromatic heterocycles. The predicted octanol–water partition coefficient (Wildman–Crippen LogP) is 3.37. The van der Waals surface area contributed by atoms with E-state index in [4.69, 9.17) is 11.6 Å². The Bertz CT molecular complexity index is 392. The Morgan fingerprint density at radius 3 is 3.05 bits per heavy atom. The van der Waals surface area contributed by atoms with Crippen LogP contribution < -0.4 is 5.32 Å². The van der Waals surface area contributed by atoms with Crippen LogP contribution in [0.1, 0.15) is 31.2 Å². The van der Waals surface area contributed by atoms with Crippen LogP contribution in [0.25, 0.3) is 0 Å². The summed E-state index contributed by atoms with van der Waals surface area (Å²) in [6.45, 7) is 7.05. The molecule has 1 aliphatic rings. The third-order valence-electron chi connectivity index (χ3n) is 4.05. The molecule has 2 atom stereocenters. The van der Waals surface area contributed by atoms with Gasteiger partial charge in [-0.15, -0.1) is 0 Å². The van der Waals surface area contributed by atoms with E-state index in [9.17, 15) is 0 Å². The van der Waals surface area contributed by atoms with Crippen molar-refractivity contribution in [3.05, 3.63) is 34.9 Å². The van der Waals surface area contributed by atoms with Crippen LogP contribution in [-0.2, 0) is 0 Å². The Morgan fingerprint density at radius 2 is 2.32 bits per heavy atom. The Morgan fingerprint density at radius 1 is 1.47 bits per heavy atom. The minimum atomic E-state index is 0.548. The zero-order valence-electron chi connectivity index (χ0n) is 12.0. The highest BCUT2D eigenvalue weighted by Crippen LogP contribution is 2.23. The lowest BCUT2D eigenvalue weighted by atomic mass is 9.95. The molecule has 0 aliphatic carbocycles. The molecule has 2 nitrogen and oxygen atoms in total. The van der Waals surface area contributed by atoms with Crippen molar-refractivity contribution in [2.75, 3.05) is 33.2 Å². The van der Waals surface area contributed by atoms with Crippen molar-refractivity contribution in [2.24, 2.45) is 5.92 Å². The molecule has 1 N–H and O–H groups in total. The minimum Gasteiger partial charge on any atom is -0.319 e. The molecule has 1 saturated heterocycles. The average molecular weight is 281 g/mol. The number of piperidine rings is 1. The number of likely N-dealkylation sites (tertiary alicyclic amines) is 1. The minimum absolute atomic E-state index is 0.548. The number of nitrogens with one attached hydrogen (secondary N) is 1. The molecule has 0 spiro atoms. The van der Waals surface area contributed by atoms with E-state index < -0.39 is 0 Å². The maximum atomic E-state index is 6.07. The van der Waals surface area contributed by atoms with Crippen LogP contribution >= 0.6 is 11.6 Å². The fourth-order valence-corrected chi connectivity index (χ4v) is 3.28. The molecule has 2 unspecified atom stereocenters. The number of hydrogen-bond acceptors (Lipinski definition) is 2. The van der Waals surface area contributed by atoms with E-state index >= 15 is 0 Å². The summed E-state index contributed by atoms with van der Waals surface area (Å²) in [6.07, 6.45) is 2.69. The van der Waals surface area contributed by atoms with Crippen LogP contribution in [0, 0.1) is 5.92 Å². The van der Waals surface area contributed by atoms with Gasteiger partial charge in [-0.05, 0) is 62.5 Å². The number of hydrogen-bond donors (Lipinski definition) is 1. The zero-order valence-corrected chi connectivity index (χ0v) is 12.8. The number of rotatable bonds is 5. The third-order valence-corrected chi connectivity index (χ3v) is 4.28. The Balaban J connectivity index is 1.89. The van der Waals surface area contributed by atoms with Crippen molar-refractivity contribution in [3.8, 4) is 0 Å². The first-order chi connectivity index (χ1) is 9.19. The van der Waals surface area contributed by atoms with Gasteiger partial charge in [-0.3, -0.25) is 0 Å². The van der Waals surface area contributed by atoms with Gasteiger partial charge in [0.15, 0.2) is 0 Å². The summed E-state index contributed by atoms with van der Waals surface area (Å²) < 4.78 is 0. The normalized spacial score (nSPS) is 22.4. The lowest BCUT2D eigenvalue weighted by Crippen LogP contribution is -2.40. The first-order valence-electron chi connectivity index (χ1n) is 7.31. The largest absolute Gasteiger partial charge is 0.319 e. The second kappa shape index (κ2) is 7.28. The summed E-state index contributed by atoms with van der Waals surface area (Å²) in [5, 5.41) is 4.15. The van der Waals surface area contributed by atoms with Gasteiger partial charge in [0.1, 0.15) is 0 Å². The standard InChI is InChI=1S/C16H25ClN2/c1-13(15-6-3-7-16(17)9-15)11-19-8-4-5-14(12-19)10-18-2/h3,6-7,9,13-14,18H,4-5,8,10-12H2,1-2H3. The summed E-state index contributed by atoms with van der Waals surface area (Å²) in [5.74, 6) is 1.36. The van der Waals surface area contributed by atoms with Gasteiger partial charge in [-0.1, -0.05) is 30.7 Å². The van der Waals surface area contributed by atoms with Gasteiger partial charge in [-0.2, -0.15) is 0 Å². The first-order valence-corrected chi connectivity index (χ1v) is 7.69. The molecule has 0 radical (unpaired) electrons. The summed E-state index contributed by atoms with van der Waals surface area (Å²) in [6, 6.07) is 8.28. The Kier molecular flexibility index (Phi) is 5.68. The molecular weight excluding hydrogens is 256 g/mol. The van der Waals surface area contributed by atoms with Crippen molar-refractivity contribution in [3.63, 3.8) is 0 Å². The van der Waals surface area contributed by atoms with Gasteiger partial charge in [0, 0.05) is 18.1 Å². The van der Waals surface area contributed by atoms with E-state index in [0.29, 0.717) is 5.92 Å². The van der Waals surface area contributed by atoms with Gasteiger partial charge in [0.05, 0.1) is 0 Å². The van der Waals surface area contributed by atoms with E-state index in [1.165, 1.54) is 31.5 Å². The molecule has 1 fully saturated rings. The topological polar surface area (TPSA) is 15.3 Å². The Labute approximate surface area is 122 Å². The van der Waals surface area contributed by atoms with Crippen molar-refractivity contribution in [1.82, 2.24) is 10.2 Å². The van der Waals surface area contributed by atoms with Gasteiger partial charge in [0.2, 0.25) is 0 Å². The Hall–Kier alpha value is -0.570. The maximum absolute atomic E-state index is 6.07. The molecule has 106 valence electrons. The number of benzene rings is 1. The lowest BCUT2D eigenvalue weighted by Gasteiger charge is -2.34. The van der Waals surface area contributed by atoms with E-state index in [-0.39, 0.29) is 0 Å². The van der Waals surface area contributed by atoms with Crippen LogP contribution in [-0.4, -0.2) is 38.1 Å². The highest BCUT2D eigenvalue weighted by molar-refractivity contribution is 6.30. The third kappa shape index (κ3) is 4.48. The molecule has 2 rings (SSSR count). The molecule has 1 aromatic carbocycles. The van der Waals surface area contributed by atoms with Crippen molar-refractivity contribution < 1.29 is 0 Å². The second-order valence-electron chi connectivity index (χ2n) is 5.78. The SMILES string of the molecule is CNCC1CCCN(CC(C)c2cccc(Cl)c2)C1. The fraction of sp³-hybridized carbons (Fsp3) is 0.625. The second-order valence-corrected chi connectivity index (χ2v) is 6.22. The van der Waals surface area contributed by atoms with Crippen molar-refractivity contribution in [1.29, 1.82) is 0 Å². The van der Waals surface area contributed by atoms with Gasteiger partial charge < -0.3 is 10.2 Å². The monoisotopic (exact) mass is 280 g/mol. The highest BCUT2D eigenvalue weighted by atomic mass is 35.5. The van der Waals surface area contributed by atoms with Gasteiger partial charge in [0.25, 0.3) is 0 Å². The van der Waals surface area contributed by atoms with Crippen LogP contribution in [0.3, 0.4) is 0 Å². The summed E-state index contributed by atoms with van der Waals surface area (Å²) >= 11 is 6.07. The molecule has 1 aromatic rings. The molecular formula is C16H25ClN2. The van der Waals surface area contributed by atoms with Crippen LogP contribution in [0.4, 0.5) is 0 Å². The van der Waals surface area contributed by atoms with E-state index in [1.807, 2.05) is 19.2 Å². The van der Waals surface area contributed by atoms with E-state index in [0.717, 1.165) is 24.0 Å². The fourth-order valence-electron chi connectivity index (χ4n) is 3.08. The quantitative estimate of drug-likeness (QED) is 0.890. The summed E-state index contributed by atoms with van der Waals surface area (Å²) in [5.41, 5.74) is 1.35. The van der Waals surface area contributed by atoms with Gasteiger partial charge in [-0.25, -0.2) is 0 Å². The molecule has 3 heteroatoms. The zero-order chi connectivity index (χ0) is 13.7. The average Bonchev–Trinajstić information content (AvgIpc) is 2.39. The number of nitrogens with zero attached hydrogens (tertiary/aromatic N) is 1. The molecule has 0 amide bonds. The predicted molar refractivity (Wildman–Crippen MR) is 83.0 cm³/mol. The van der Waals surface area contributed by atoms with E-state index in [1.54, 1.807) is 0 Å². The smallest absolute Gasteiger partial charge is 0.0408 e. The molecule has 0 saturated carbocycles. The number of halogens is 1. The highest BCUT2D eigenvalue weighted by Gasteiger charge is 2.21. The lowest BCUT2D eigenvalue weighted by molar-refractivity contribution is 0.167. The van der Waals surface area contributed by atoms with Crippen molar-refractivity contribution >= 4 is 11.6 Å². The maximum Gasteiger partial charge on any atom is 0.0408 e. The molecule has 0 bridgehead atoms. The van der Waals surface area contributed by atoms with Crippen LogP contribution in [0.15, 0.2) is 24.3 Å². The van der Waals surface area contributed by atoms with Gasteiger partial charge >= 0.3 is 0 Å². The summed E-state index contributed by atoms with van der Waals surface area (Å²) in [7, 11) is 2.05. The van der Waals surface area contributed by atoms with Crippen LogP contribution in [0.5, 0.6) is 0 Å². The van der Waals surface area contributed by atoms with Crippen molar-refractivity contribution in [2.45, 2.75) is 25.7 Å². The molecule has 1 aliphatic heterocycles. The molecule has 1 heterocycles. The first kappa shape index (κ1) is 14.8.